The van der Waals surface area contributed by atoms with Crippen molar-refractivity contribution >= 4 is 27.5 Å². The number of ether oxygens (including phenoxy) is 1. The third-order valence-electron chi connectivity index (χ3n) is 3.34. The molecule has 0 saturated heterocycles. The molecule has 2 aromatic carbocycles. The number of benzene rings is 2. The Morgan fingerprint density at radius 2 is 2.15 bits per heavy atom. The van der Waals surface area contributed by atoms with Crippen molar-refractivity contribution in [2.24, 2.45) is 0 Å². The lowest BCUT2D eigenvalue weighted by Gasteiger charge is -2.17. The highest BCUT2D eigenvalue weighted by Crippen LogP contribution is 2.40. The fourth-order valence-electron chi connectivity index (χ4n) is 2.43. The minimum Gasteiger partial charge on any atom is -0.493 e. The van der Waals surface area contributed by atoms with Gasteiger partial charge < -0.3 is 9.84 Å². The van der Waals surface area contributed by atoms with Gasteiger partial charge in [0.25, 0.3) is 0 Å². The zero-order valence-electron chi connectivity index (χ0n) is 10.4. The molecule has 0 amide bonds. The summed E-state index contributed by atoms with van der Waals surface area (Å²) in [6.07, 6.45) is -0.382. The summed E-state index contributed by atoms with van der Waals surface area (Å²) in [6.45, 7) is 0.566. The Bertz CT molecular complexity index is 655. The SMILES string of the molecule is OC(c1cc(Br)cc2c1OCC2)c1c(F)cccc1Cl. The molecule has 1 aliphatic heterocycles. The summed E-state index contributed by atoms with van der Waals surface area (Å²) in [5, 5.41) is 10.7. The van der Waals surface area contributed by atoms with E-state index >= 15 is 0 Å². The molecule has 0 saturated carbocycles. The maximum Gasteiger partial charge on any atom is 0.130 e. The third kappa shape index (κ3) is 2.32. The average Bonchev–Trinajstić information content (AvgIpc) is 2.85. The molecule has 1 aliphatic rings. The van der Waals surface area contributed by atoms with Crippen LogP contribution in [0.3, 0.4) is 0 Å². The fourth-order valence-corrected chi connectivity index (χ4v) is 3.22. The predicted octanol–water partition coefficient (Wildman–Crippen LogP) is 4.26. The van der Waals surface area contributed by atoms with Gasteiger partial charge in [0.1, 0.15) is 17.7 Å². The van der Waals surface area contributed by atoms with Crippen LogP contribution in [0.5, 0.6) is 5.75 Å². The van der Waals surface area contributed by atoms with E-state index in [4.69, 9.17) is 16.3 Å². The first kappa shape index (κ1) is 13.9. The van der Waals surface area contributed by atoms with Crippen molar-refractivity contribution in [2.75, 3.05) is 6.61 Å². The van der Waals surface area contributed by atoms with Gasteiger partial charge in [0, 0.05) is 27.0 Å². The van der Waals surface area contributed by atoms with Gasteiger partial charge in [-0.1, -0.05) is 33.6 Å². The van der Waals surface area contributed by atoms with Crippen LogP contribution < -0.4 is 4.74 Å². The summed E-state index contributed by atoms with van der Waals surface area (Å²) in [5.41, 5.74) is 1.60. The molecule has 0 bridgehead atoms. The van der Waals surface area contributed by atoms with Crippen LogP contribution in [0.4, 0.5) is 4.39 Å². The Morgan fingerprint density at radius 1 is 1.35 bits per heavy atom. The van der Waals surface area contributed by atoms with Gasteiger partial charge in [0.15, 0.2) is 0 Å². The zero-order valence-corrected chi connectivity index (χ0v) is 12.7. The van der Waals surface area contributed by atoms with Gasteiger partial charge >= 0.3 is 0 Å². The van der Waals surface area contributed by atoms with E-state index in [0.717, 1.165) is 16.5 Å². The molecule has 20 heavy (non-hydrogen) atoms. The molecule has 1 atom stereocenters. The minimum atomic E-state index is -1.16. The monoisotopic (exact) mass is 356 g/mol. The third-order valence-corrected chi connectivity index (χ3v) is 4.13. The number of aliphatic hydroxyl groups excluding tert-OH is 1. The molecule has 1 N–H and O–H groups in total. The van der Waals surface area contributed by atoms with Gasteiger partial charge in [-0.15, -0.1) is 0 Å². The summed E-state index contributed by atoms with van der Waals surface area (Å²) in [4.78, 5) is 0. The topological polar surface area (TPSA) is 29.5 Å². The highest BCUT2D eigenvalue weighted by molar-refractivity contribution is 9.10. The van der Waals surface area contributed by atoms with Crippen molar-refractivity contribution in [3.63, 3.8) is 0 Å². The lowest BCUT2D eigenvalue weighted by Crippen LogP contribution is -2.05. The van der Waals surface area contributed by atoms with Gasteiger partial charge in [0.2, 0.25) is 0 Å². The Balaban J connectivity index is 2.14. The van der Waals surface area contributed by atoms with Crippen LogP contribution in [0.1, 0.15) is 22.8 Å². The van der Waals surface area contributed by atoms with E-state index in [1.54, 1.807) is 12.1 Å². The number of halogens is 3. The maximum atomic E-state index is 13.9. The lowest BCUT2D eigenvalue weighted by molar-refractivity contribution is 0.209. The second kappa shape index (κ2) is 5.35. The highest BCUT2D eigenvalue weighted by Gasteiger charge is 2.26. The van der Waals surface area contributed by atoms with Crippen LogP contribution in [-0.4, -0.2) is 11.7 Å². The van der Waals surface area contributed by atoms with Crippen LogP contribution in [0, 0.1) is 5.82 Å². The number of rotatable bonds is 2. The van der Waals surface area contributed by atoms with E-state index < -0.39 is 11.9 Å². The number of hydrogen-bond donors (Lipinski definition) is 1. The maximum absolute atomic E-state index is 13.9. The van der Waals surface area contributed by atoms with Crippen LogP contribution in [-0.2, 0) is 6.42 Å². The van der Waals surface area contributed by atoms with Gasteiger partial charge in [-0.05, 0) is 29.8 Å². The van der Waals surface area contributed by atoms with Gasteiger partial charge in [-0.25, -0.2) is 4.39 Å². The highest BCUT2D eigenvalue weighted by atomic mass is 79.9. The van der Waals surface area contributed by atoms with Crippen molar-refractivity contribution in [3.8, 4) is 5.75 Å². The number of hydrogen-bond acceptors (Lipinski definition) is 2. The fraction of sp³-hybridized carbons (Fsp3) is 0.200. The van der Waals surface area contributed by atoms with Crippen molar-refractivity contribution in [3.05, 3.63) is 62.3 Å². The van der Waals surface area contributed by atoms with Crippen molar-refractivity contribution < 1.29 is 14.2 Å². The molecule has 1 unspecified atom stereocenters. The molecule has 0 spiro atoms. The quantitative estimate of drug-likeness (QED) is 0.870. The molecule has 0 aromatic heterocycles. The van der Waals surface area contributed by atoms with Crippen LogP contribution in [0.25, 0.3) is 0 Å². The van der Waals surface area contributed by atoms with Crippen LogP contribution in [0.2, 0.25) is 5.02 Å². The Kier molecular flexibility index (Phi) is 3.71. The smallest absolute Gasteiger partial charge is 0.130 e. The average molecular weight is 358 g/mol. The minimum absolute atomic E-state index is 0.0740. The standard InChI is InChI=1S/C15H11BrClFO2/c16-9-6-8-4-5-20-15(8)10(7-9)14(19)13-11(17)2-1-3-12(13)18/h1-3,6-7,14,19H,4-5H2. The molecule has 3 rings (SSSR count). The molecule has 2 aromatic rings. The molecule has 0 fully saturated rings. The van der Waals surface area contributed by atoms with Gasteiger partial charge in [-0.2, -0.15) is 0 Å². The molecule has 0 aliphatic carbocycles. The molecule has 1 heterocycles. The number of aliphatic hydroxyl groups is 1. The van der Waals surface area contributed by atoms with Crippen molar-refractivity contribution in [1.29, 1.82) is 0 Å². The normalized spacial score (nSPS) is 14.8. The van der Waals surface area contributed by atoms with Gasteiger partial charge in [0.05, 0.1) is 6.61 Å². The first-order chi connectivity index (χ1) is 9.58. The second-order valence-corrected chi connectivity index (χ2v) is 5.94. The predicted molar refractivity (Wildman–Crippen MR) is 78.8 cm³/mol. The van der Waals surface area contributed by atoms with E-state index in [-0.39, 0.29) is 10.6 Å². The van der Waals surface area contributed by atoms with E-state index in [1.807, 2.05) is 6.07 Å². The molecular weight excluding hydrogens is 347 g/mol. The summed E-state index contributed by atoms with van der Waals surface area (Å²) < 4.78 is 20.3. The lowest BCUT2D eigenvalue weighted by atomic mass is 9.98. The summed E-state index contributed by atoms with van der Waals surface area (Å²) >= 11 is 9.41. The Labute approximate surface area is 129 Å². The van der Waals surface area contributed by atoms with Crippen LogP contribution in [0.15, 0.2) is 34.8 Å². The van der Waals surface area contributed by atoms with E-state index in [0.29, 0.717) is 17.9 Å². The first-order valence-corrected chi connectivity index (χ1v) is 7.32. The summed E-state index contributed by atoms with van der Waals surface area (Å²) in [6, 6.07) is 8.03. The van der Waals surface area contributed by atoms with E-state index in [2.05, 4.69) is 15.9 Å². The van der Waals surface area contributed by atoms with Crippen LogP contribution >= 0.6 is 27.5 Å². The van der Waals surface area contributed by atoms with Crippen molar-refractivity contribution in [1.82, 2.24) is 0 Å². The molecule has 0 radical (unpaired) electrons. The molecule has 2 nitrogen and oxygen atoms in total. The molecular formula is C15H11BrClFO2. The van der Waals surface area contributed by atoms with E-state index in [9.17, 15) is 9.50 Å². The largest absolute Gasteiger partial charge is 0.493 e. The number of fused-ring (bicyclic) bond motifs is 1. The summed E-state index contributed by atoms with van der Waals surface area (Å²) in [5.74, 6) is 0.0942. The van der Waals surface area contributed by atoms with E-state index in [1.165, 1.54) is 12.1 Å². The Hall–Kier alpha value is -1.10. The summed E-state index contributed by atoms with van der Waals surface area (Å²) in [7, 11) is 0. The zero-order chi connectivity index (χ0) is 14.3. The second-order valence-electron chi connectivity index (χ2n) is 4.62. The van der Waals surface area contributed by atoms with Crippen molar-refractivity contribution in [2.45, 2.75) is 12.5 Å². The Morgan fingerprint density at radius 3 is 2.90 bits per heavy atom. The molecule has 5 heteroatoms. The molecule has 104 valence electrons. The first-order valence-electron chi connectivity index (χ1n) is 6.15. The van der Waals surface area contributed by atoms with Gasteiger partial charge in [-0.3, -0.25) is 0 Å².